The number of ether oxygens (including phenoxy) is 1. The normalized spacial score (nSPS) is 10.8. The molecule has 0 atom stereocenters. The molecule has 4 nitrogen and oxygen atoms in total. The Kier molecular flexibility index (Phi) is 4.87. The highest BCUT2D eigenvalue weighted by Gasteiger charge is 2.19. The highest BCUT2D eigenvalue weighted by molar-refractivity contribution is 5.79. The van der Waals surface area contributed by atoms with Crippen molar-refractivity contribution in [2.45, 2.75) is 25.8 Å². The summed E-state index contributed by atoms with van der Waals surface area (Å²) in [6.45, 7) is 4.28. The fraction of sp³-hybridized carbons (Fsp3) is 0.429. The van der Waals surface area contributed by atoms with E-state index in [2.05, 4.69) is 5.32 Å². The van der Waals surface area contributed by atoms with Gasteiger partial charge in [0, 0.05) is 7.11 Å². The number of methoxy groups -OCH3 is 1. The van der Waals surface area contributed by atoms with Crippen molar-refractivity contribution in [1.29, 1.82) is 5.26 Å². The molecule has 0 saturated heterocycles. The van der Waals surface area contributed by atoms with Crippen molar-refractivity contribution in [3.63, 3.8) is 0 Å². The van der Waals surface area contributed by atoms with Gasteiger partial charge in [0.05, 0.1) is 30.2 Å². The summed E-state index contributed by atoms with van der Waals surface area (Å²) in [4.78, 5) is 11.8. The summed E-state index contributed by atoms with van der Waals surface area (Å²) < 4.78 is 5.04. The van der Waals surface area contributed by atoms with Crippen LogP contribution in [0, 0.1) is 11.3 Å². The number of nitrogens with one attached hydrogen (secondary N) is 1. The number of hydrogen-bond donors (Lipinski definition) is 1. The van der Waals surface area contributed by atoms with Crippen LogP contribution in [0.5, 0.6) is 0 Å². The van der Waals surface area contributed by atoms with E-state index in [1.807, 2.05) is 19.9 Å². The summed E-state index contributed by atoms with van der Waals surface area (Å²) in [7, 11) is 1.61. The van der Waals surface area contributed by atoms with Crippen LogP contribution >= 0.6 is 0 Å². The number of carbonyl (C=O) groups excluding carboxylic acids is 1. The van der Waals surface area contributed by atoms with Crippen LogP contribution in [0.25, 0.3) is 0 Å². The summed E-state index contributed by atoms with van der Waals surface area (Å²) in [6.07, 6.45) is 0.304. The van der Waals surface area contributed by atoms with Gasteiger partial charge in [-0.1, -0.05) is 12.1 Å². The second-order valence-corrected chi connectivity index (χ2v) is 4.85. The van der Waals surface area contributed by atoms with Crippen molar-refractivity contribution in [3.8, 4) is 6.07 Å². The molecule has 0 aliphatic rings. The third-order valence-electron chi connectivity index (χ3n) is 2.43. The zero-order valence-electron chi connectivity index (χ0n) is 11.0. The first-order valence-corrected chi connectivity index (χ1v) is 5.76. The average molecular weight is 246 g/mol. The fourth-order valence-corrected chi connectivity index (χ4v) is 1.70. The number of nitriles is 1. The minimum atomic E-state index is -0.377. The van der Waals surface area contributed by atoms with E-state index in [9.17, 15) is 4.79 Å². The lowest BCUT2D eigenvalue weighted by Crippen LogP contribution is -2.47. The summed E-state index contributed by atoms with van der Waals surface area (Å²) in [5, 5.41) is 11.6. The van der Waals surface area contributed by atoms with E-state index >= 15 is 0 Å². The van der Waals surface area contributed by atoms with Crippen LogP contribution in [0.15, 0.2) is 24.3 Å². The van der Waals surface area contributed by atoms with E-state index in [1.54, 1.807) is 31.4 Å². The summed E-state index contributed by atoms with van der Waals surface area (Å²) in [5.41, 5.74) is 1.11. The molecule has 0 spiro atoms. The number of benzene rings is 1. The average Bonchev–Trinajstić information content (AvgIpc) is 2.28. The highest BCUT2D eigenvalue weighted by atomic mass is 16.5. The predicted molar refractivity (Wildman–Crippen MR) is 69.0 cm³/mol. The van der Waals surface area contributed by atoms with E-state index in [4.69, 9.17) is 10.00 Å². The molecule has 1 amide bonds. The molecule has 18 heavy (non-hydrogen) atoms. The first-order valence-electron chi connectivity index (χ1n) is 5.76. The van der Waals surface area contributed by atoms with Crippen molar-refractivity contribution in [2.75, 3.05) is 13.7 Å². The highest BCUT2D eigenvalue weighted by Crippen LogP contribution is 2.06. The second kappa shape index (κ2) is 6.18. The van der Waals surface area contributed by atoms with Gasteiger partial charge in [0.25, 0.3) is 0 Å². The molecule has 1 aromatic carbocycles. The molecule has 0 radical (unpaired) electrons. The van der Waals surface area contributed by atoms with Crippen LogP contribution in [0.4, 0.5) is 0 Å². The van der Waals surface area contributed by atoms with Crippen molar-refractivity contribution in [2.24, 2.45) is 0 Å². The van der Waals surface area contributed by atoms with Crippen molar-refractivity contribution in [1.82, 2.24) is 5.32 Å². The topological polar surface area (TPSA) is 62.1 Å². The van der Waals surface area contributed by atoms with Gasteiger partial charge in [-0.3, -0.25) is 4.79 Å². The molecule has 0 unspecified atom stereocenters. The van der Waals surface area contributed by atoms with Crippen molar-refractivity contribution in [3.05, 3.63) is 35.4 Å². The van der Waals surface area contributed by atoms with E-state index in [1.165, 1.54) is 0 Å². The molecule has 0 aliphatic carbocycles. The standard InChI is InChI=1S/C14H18N2O2/c1-14(2,10-18-3)16-13(17)8-11-4-6-12(9-15)7-5-11/h4-7H,8,10H2,1-3H3,(H,16,17). The smallest absolute Gasteiger partial charge is 0.224 e. The Morgan fingerprint density at radius 2 is 2.00 bits per heavy atom. The summed E-state index contributed by atoms with van der Waals surface area (Å²) in [5.74, 6) is -0.0539. The van der Waals surface area contributed by atoms with Gasteiger partial charge < -0.3 is 10.1 Å². The molecule has 0 fully saturated rings. The van der Waals surface area contributed by atoms with Crippen molar-refractivity contribution < 1.29 is 9.53 Å². The molecule has 1 aromatic rings. The molecular formula is C14H18N2O2. The molecule has 0 aliphatic heterocycles. The number of nitrogens with zero attached hydrogens (tertiary/aromatic N) is 1. The van der Waals surface area contributed by atoms with Crippen molar-refractivity contribution >= 4 is 5.91 Å². The lowest BCUT2D eigenvalue weighted by molar-refractivity contribution is -0.122. The van der Waals surface area contributed by atoms with Gasteiger partial charge in [0.1, 0.15) is 0 Å². The summed E-state index contributed by atoms with van der Waals surface area (Å²) in [6, 6.07) is 9.05. The van der Waals surface area contributed by atoms with E-state index in [0.717, 1.165) is 5.56 Å². The van der Waals surface area contributed by atoms with Crippen LogP contribution in [0.1, 0.15) is 25.0 Å². The molecule has 1 rings (SSSR count). The minimum absolute atomic E-state index is 0.0539. The lowest BCUT2D eigenvalue weighted by Gasteiger charge is -2.25. The van der Waals surface area contributed by atoms with Crippen LogP contribution < -0.4 is 5.32 Å². The van der Waals surface area contributed by atoms with E-state index < -0.39 is 0 Å². The maximum atomic E-state index is 11.8. The largest absolute Gasteiger partial charge is 0.382 e. The minimum Gasteiger partial charge on any atom is -0.382 e. The Morgan fingerprint density at radius 1 is 1.39 bits per heavy atom. The van der Waals surface area contributed by atoms with Crippen LogP contribution in [-0.2, 0) is 16.0 Å². The zero-order valence-corrected chi connectivity index (χ0v) is 11.0. The summed E-state index contributed by atoms with van der Waals surface area (Å²) >= 11 is 0. The van der Waals surface area contributed by atoms with Crippen LogP contribution in [0.3, 0.4) is 0 Å². The fourth-order valence-electron chi connectivity index (χ4n) is 1.70. The molecule has 0 saturated carbocycles. The number of carbonyl (C=O) groups is 1. The van der Waals surface area contributed by atoms with Gasteiger partial charge in [0.2, 0.25) is 5.91 Å². The molecular weight excluding hydrogens is 228 g/mol. The first kappa shape index (κ1) is 14.2. The Balaban J connectivity index is 2.57. The molecule has 0 aromatic heterocycles. The number of amides is 1. The third kappa shape index (κ3) is 4.56. The number of hydrogen-bond acceptors (Lipinski definition) is 3. The maximum absolute atomic E-state index is 11.8. The monoisotopic (exact) mass is 246 g/mol. The SMILES string of the molecule is COCC(C)(C)NC(=O)Cc1ccc(C#N)cc1. The van der Waals surface area contributed by atoms with Gasteiger partial charge in [-0.05, 0) is 31.5 Å². The van der Waals surface area contributed by atoms with Crippen LogP contribution in [0.2, 0.25) is 0 Å². The Morgan fingerprint density at radius 3 is 2.50 bits per heavy atom. The van der Waals surface area contributed by atoms with E-state index in [-0.39, 0.29) is 11.4 Å². The Hall–Kier alpha value is -1.86. The second-order valence-electron chi connectivity index (χ2n) is 4.85. The molecule has 1 N–H and O–H groups in total. The molecule has 0 bridgehead atoms. The molecule has 96 valence electrons. The predicted octanol–water partition coefficient (Wildman–Crippen LogP) is 1.64. The third-order valence-corrected chi connectivity index (χ3v) is 2.43. The molecule has 4 heteroatoms. The maximum Gasteiger partial charge on any atom is 0.224 e. The Labute approximate surface area is 108 Å². The Bertz CT molecular complexity index is 444. The van der Waals surface area contributed by atoms with Gasteiger partial charge >= 0.3 is 0 Å². The van der Waals surface area contributed by atoms with E-state index in [0.29, 0.717) is 18.6 Å². The van der Waals surface area contributed by atoms with Gasteiger partial charge in [-0.25, -0.2) is 0 Å². The molecule has 0 heterocycles. The number of rotatable bonds is 5. The quantitative estimate of drug-likeness (QED) is 0.859. The van der Waals surface area contributed by atoms with Gasteiger partial charge in [-0.15, -0.1) is 0 Å². The van der Waals surface area contributed by atoms with Gasteiger partial charge in [0.15, 0.2) is 0 Å². The van der Waals surface area contributed by atoms with Gasteiger partial charge in [-0.2, -0.15) is 5.26 Å². The zero-order chi connectivity index (χ0) is 13.6. The van der Waals surface area contributed by atoms with Crippen LogP contribution in [-0.4, -0.2) is 25.2 Å². The first-order chi connectivity index (χ1) is 8.46. The lowest BCUT2D eigenvalue weighted by atomic mass is 10.1.